The Morgan fingerprint density at radius 3 is 2.33 bits per heavy atom. The Morgan fingerprint density at radius 2 is 1.76 bits per heavy atom. The fraction of sp³-hybridized carbons (Fsp3) is 0.294. The summed E-state index contributed by atoms with van der Waals surface area (Å²) >= 11 is 1.31. The SMILES string of the molecule is CC.CC(C)(Sc1cnccc1-c1ccccc1)C(=O)O. The Labute approximate surface area is 130 Å². The maximum absolute atomic E-state index is 11.2. The largest absolute Gasteiger partial charge is 0.480 e. The molecule has 0 saturated heterocycles. The van der Waals surface area contributed by atoms with E-state index in [1.807, 2.05) is 50.2 Å². The fourth-order valence-corrected chi connectivity index (χ4v) is 2.68. The highest BCUT2D eigenvalue weighted by atomic mass is 32.2. The first-order valence-electron chi connectivity index (χ1n) is 6.92. The van der Waals surface area contributed by atoms with Crippen LogP contribution >= 0.6 is 11.8 Å². The van der Waals surface area contributed by atoms with Gasteiger partial charge in [-0.2, -0.15) is 0 Å². The lowest BCUT2D eigenvalue weighted by atomic mass is 10.1. The summed E-state index contributed by atoms with van der Waals surface area (Å²) in [7, 11) is 0. The number of hydrogen-bond acceptors (Lipinski definition) is 3. The standard InChI is InChI=1S/C15H15NO2S.C2H6/c1-15(2,14(17)18)19-13-10-16-9-8-12(13)11-6-4-3-5-7-11;1-2/h3-10H,1-2H3,(H,17,18);1-2H3. The molecule has 0 bridgehead atoms. The minimum absolute atomic E-state index is 0.833. The molecule has 0 fully saturated rings. The van der Waals surface area contributed by atoms with E-state index in [0.717, 1.165) is 16.0 Å². The van der Waals surface area contributed by atoms with Crippen molar-refractivity contribution < 1.29 is 9.90 Å². The monoisotopic (exact) mass is 303 g/mol. The third-order valence-electron chi connectivity index (χ3n) is 2.75. The number of rotatable bonds is 4. The second-order valence-electron chi connectivity index (χ2n) is 4.66. The molecule has 112 valence electrons. The molecule has 2 rings (SSSR count). The van der Waals surface area contributed by atoms with E-state index >= 15 is 0 Å². The normalized spacial score (nSPS) is 10.5. The van der Waals surface area contributed by atoms with Crippen LogP contribution in [0.2, 0.25) is 0 Å². The number of carboxylic acid groups (broad SMARTS) is 1. The van der Waals surface area contributed by atoms with Gasteiger partial charge in [0.1, 0.15) is 4.75 Å². The van der Waals surface area contributed by atoms with Crippen LogP contribution in [0, 0.1) is 0 Å². The maximum atomic E-state index is 11.2. The van der Waals surface area contributed by atoms with E-state index in [4.69, 9.17) is 0 Å². The number of hydrogen-bond donors (Lipinski definition) is 1. The van der Waals surface area contributed by atoms with Crippen molar-refractivity contribution in [2.24, 2.45) is 0 Å². The average Bonchev–Trinajstić information content (AvgIpc) is 2.50. The van der Waals surface area contributed by atoms with Gasteiger partial charge in [0.15, 0.2) is 0 Å². The summed E-state index contributed by atoms with van der Waals surface area (Å²) in [6, 6.07) is 11.8. The molecule has 0 atom stereocenters. The summed E-state index contributed by atoms with van der Waals surface area (Å²) in [6.45, 7) is 7.39. The Bertz CT molecular complexity index is 582. The molecule has 0 aliphatic heterocycles. The van der Waals surface area contributed by atoms with Gasteiger partial charge >= 0.3 is 5.97 Å². The van der Waals surface area contributed by atoms with Crippen LogP contribution in [0.15, 0.2) is 53.7 Å². The number of aliphatic carboxylic acids is 1. The number of benzene rings is 1. The Morgan fingerprint density at radius 1 is 1.14 bits per heavy atom. The van der Waals surface area contributed by atoms with Crippen LogP contribution < -0.4 is 0 Å². The Balaban J connectivity index is 0.00000106. The lowest BCUT2D eigenvalue weighted by Crippen LogP contribution is -2.27. The minimum Gasteiger partial charge on any atom is -0.480 e. The summed E-state index contributed by atoms with van der Waals surface area (Å²) in [6.07, 6.45) is 3.44. The molecule has 0 unspecified atom stereocenters. The first-order valence-corrected chi connectivity index (χ1v) is 7.74. The molecule has 2 aromatic rings. The van der Waals surface area contributed by atoms with Crippen LogP contribution in [0.1, 0.15) is 27.7 Å². The number of nitrogens with zero attached hydrogens (tertiary/aromatic N) is 1. The predicted octanol–water partition coefficient (Wildman–Crippen LogP) is 4.73. The molecule has 0 radical (unpaired) electrons. The zero-order chi connectivity index (χ0) is 15.9. The predicted molar refractivity (Wildman–Crippen MR) is 88.6 cm³/mol. The molecule has 1 aromatic heterocycles. The number of thioether (sulfide) groups is 1. The van der Waals surface area contributed by atoms with Crippen molar-refractivity contribution in [2.45, 2.75) is 37.3 Å². The van der Waals surface area contributed by atoms with E-state index in [9.17, 15) is 9.90 Å². The van der Waals surface area contributed by atoms with E-state index in [1.54, 1.807) is 26.2 Å². The highest BCUT2D eigenvalue weighted by Crippen LogP contribution is 2.38. The molecule has 0 aliphatic carbocycles. The molecule has 0 amide bonds. The fourth-order valence-electron chi connectivity index (χ4n) is 1.64. The summed E-state index contributed by atoms with van der Waals surface area (Å²) < 4.78 is -0.882. The van der Waals surface area contributed by atoms with Crippen molar-refractivity contribution >= 4 is 17.7 Å². The second kappa shape index (κ2) is 7.84. The van der Waals surface area contributed by atoms with Crippen LogP contribution in [0.4, 0.5) is 0 Å². The molecule has 1 heterocycles. The molecule has 1 aromatic carbocycles. The smallest absolute Gasteiger partial charge is 0.319 e. The van der Waals surface area contributed by atoms with Crippen molar-refractivity contribution in [1.82, 2.24) is 4.98 Å². The first-order chi connectivity index (χ1) is 10.0. The molecule has 0 aliphatic rings. The molecular formula is C17H21NO2S. The van der Waals surface area contributed by atoms with Crippen molar-refractivity contribution in [2.75, 3.05) is 0 Å². The topological polar surface area (TPSA) is 50.2 Å². The Hall–Kier alpha value is -1.81. The highest BCUT2D eigenvalue weighted by molar-refractivity contribution is 8.01. The van der Waals surface area contributed by atoms with Gasteiger partial charge in [0.05, 0.1) is 0 Å². The maximum Gasteiger partial charge on any atom is 0.319 e. The van der Waals surface area contributed by atoms with Crippen molar-refractivity contribution in [3.8, 4) is 11.1 Å². The van der Waals surface area contributed by atoms with Gasteiger partial charge in [0.25, 0.3) is 0 Å². The Kier molecular flexibility index (Phi) is 6.43. The highest BCUT2D eigenvalue weighted by Gasteiger charge is 2.29. The number of carbonyl (C=O) groups is 1. The number of aromatic nitrogens is 1. The van der Waals surface area contributed by atoms with Gasteiger partial charge in [-0.15, -0.1) is 11.8 Å². The number of carboxylic acids is 1. The molecule has 21 heavy (non-hydrogen) atoms. The van der Waals surface area contributed by atoms with Gasteiger partial charge in [-0.05, 0) is 31.0 Å². The number of pyridine rings is 1. The van der Waals surface area contributed by atoms with Gasteiger partial charge in [-0.25, -0.2) is 0 Å². The van der Waals surface area contributed by atoms with Gasteiger partial charge in [0.2, 0.25) is 0 Å². The van der Waals surface area contributed by atoms with E-state index < -0.39 is 10.7 Å². The van der Waals surface area contributed by atoms with E-state index in [2.05, 4.69) is 4.98 Å². The lowest BCUT2D eigenvalue weighted by Gasteiger charge is -2.20. The van der Waals surface area contributed by atoms with E-state index in [0.29, 0.717) is 0 Å². The lowest BCUT2D eigenvalue weighted by molar-refractivity contribution is -0.138. The zero-order valence-electron chi connectivity index (χ0n) is 12.8. The van der Waals surface area contributed by atoms with Crippen LogP contribution in [-0.2, 0) is 4.79 Å². The van der Waals surface area contributed by atoms with Crippen LogP contribution in [-0.4, -0.2) is 20.8 Å². The zero-order valence-corrected chi connectivity index (χ0v) is 13.6. The van der Waals surface area contributed by atoms with Gasteiger partial charge in [-0.3, -0.25) is 9.78 Å². The third-order valence-corrected chi connectivity index (χ3v) is 3.98. The van der Waals surface area contributed by atoms with Gasteiger partial charge in [0, 0.05) is 17.3 Å². The summed E-state index contributed by atoms with van der Waals surface area (Å²) in [4.78, 5) is 16.2. The molecular weight excluding hydrogens is 282 g/mol. The van der Waals surface area contributed by atoms with E-state index in [1.165, 1.54) is 11.8 Å². The first kappa shape index (κ1) is 17.2. The van der Waals surface area contributed by atoms with Crippen LogP contribution in [0.5, 0.6) is 0 Å². The molecule has 3 nitrogen and oxygen atoms in total. The quantitative estimate of drug-likeness (QED) is 0.830. The minimum atomic E-state index is -0.882. The van der Waals surface area contributed by atoms with Crippen molar-refractivity contribution in [3.63, 3.8) is 0 Å². The van der Waals surface area contributed by atoms with E-state index in [-0.39, 0.29) is 0 Å². The van der Waals surface area contributed by atoms with Crippen molar-refractivity contribution in [1.29, 1.82) is 0 Å². The van der Waals surface area contributed by atoms with Crippen LogP contribution in [0.25, 0.3) is 11.1 Å². The van der Waals surface area contributed by atoms with Crippen molar-refractivity contribution in [3.05, 3.63) is 48.8 Å². The molecule has 4 heteroatoms. The summed E-state index contributed by atoms with van der Waals surface area (Å²) in [5.74, 6) is -0.833. The van der Waals surface area contributed by atoms with Gasteiger partial charge in [-0.1, -0.05) is 44.2 Å². The average molecular weight is 303 g/mol. The third kappa shape index (κ3) is 4.60. The van der Waals surface area contributed by atoms with Gasteiger partial charge < -0.3 is 5.11 Å². The summed E-state index contributed by atoms with van der Waals surface area (Å²) in [5.41, 5.74) is 2.07. The molecule has 0 spiro atoms. The second-order valence-corrected chi connectivity index (χ2v) is 6.32. The molecule has 1 N–H and O–H groups in total. The molecule has 0 saturated carbocycles. The van der Waals surface area contributed by atoms with Crippen LogP contribution in [0.3, 0.4) is 0 Å². The summed E-state index contributed by atoms with van der Waals surface area (Å²) in [5, 5.41) is 9.22.